The molecule has 0 aliphatic heterocycles. The second kappa shape index (κ2) is 4.10. The molecule has 0 N–H and O–H groups in total. The summed E-state index contributed by atoms with van der Waals surface area (Å²) in [5.74, 6) is 0. The average molecular weight is 262 g/mol. The van der Waals surface area contributed by atoms with Gasteiger partial charge in [-0.05, 0) is 0 Å². The van der Waals surface area contributed by atoms with Crippen LogP contribution in [0, 0.1) is 3.57 Å². The minimum atomic E-state index is -0.802. The predicted molar refractivity (Wildman–Crippen MR) is 60.2 cm³/mol. The van der Waals surface area contributed by atoms with Gasteiger partial charge < -0.3 is 0 Å². The summed E-state index contributed by atoms with van der Waals surface area (Å²) in [6.07, 6.45) is 0. The number of rotatable bonds is 2. The molecular weight excluding hydrogens is 247 g/mol. The Hall–Kier alpha value is -0.0500. The van der Waals surface area contributed by atoms with E-state index in [4.69, 9.17) is 0 Å². The SMILES string of the molecule is CC(C)I(C)c1ccccc1. The zero-order valence-corrected chi connectivity index (χ0v) is 9.50. The van der Waals surface area contributed by atoms with Crippen molar-refractivity contribution < 1.29 is 0 Å². The molecule has 11 heavy (non-hydrogen) atoms. The molecule has 0 spiro atoms. The van der Waals surface area contributed by atoms with Crippen molar-refractivity contribution in [1.82, 2.24) is 0 Å². The van der Waals surface area contributed by atoms with E-state index in [1.807, 2.05) is 0 Å². The Morgan fingerprint density at radius 2 is 1.64 bits per heavy atom. The summed E-state index contributed by atoms with van der Waals surface area (Å²) >= 11 is -0.802. The van der Waals surface area contributed by atoms with E-state index in [1.165, 1.54) is 0 Å². The van der Waals surface area contributed by atoms with Gasteiger partial charge in [-0.1, -0.05) is 0 Å². The van der Waals surface area contributed by atoms with Crippen LogP contribution >= 0.6 is 19.8 Å². The van der Waals surface area contributed by atoms with Crippen molar-refractivity contribution in [2.45, 2.75) is 17.8 Å². The maximum absolute atomic E-state index is 2.43. The molecule has 0 bridgehead atoms. The fourth-order valence-corrected chi connectivity index (χ4v) is 3.85. The van der Waals surface area contributed by atoms with Crippen LogP contribution in [-0.4, -0.2) is 8.86 Å². The van der Waals surface area contributed by atoms with Crippen LogP contribution < -0.4 is 0 Å². The van der Waals surface area contributed by atoms with Crippen molar-refractivity contribution in [3.63, 3.8) is 0 Å². The van der Waals surface area contributed by atoms with E-state index in [0.29, 0.717) is 0 Å². The van der Waals surface area contributed by atoms with Crippen molar-refractivity contribution in [2.75, 3.05) is 4.93 Å². The van der Waals surface area contributed by atoms with Gasteiger partial charge in [-0.3, -0.25) is 0 Å². The molecule has 0 saturated carbocycles. The van der Waals surface area contributed by atoms with E-state index in [2.05, 4.69) is 49.1 Å². The number of halogens is 1. The second-order valence-corrected chi connectivity index (χ2v) is 9.51. The summed E-state index contributed by atoms with van der Waals surface area (Å²) < 4.78 is 2.49. The molecule has 0 amide bonds. The van der Waals surface area contributed by atoms with Crippen LogP contribution in [-0.2, 0) is 0 Å². The third kappa shape index (κ3) is 2.47. The molecule has 0 heterocycles. The third-order valence-corrected chi connectivity index (χ3v) is 8.15. The summed E-state index contributed by atoms with van der Waals surface area (Å²) in [6.45, 7) is 4.66. The van der Waals surface area contributed by atoms with E-state index >= 15 is 0 Å². The standard InChI is InChI=1S/C10H15I/c1-9(2)11(3)10-7-5-4-6-8-10/h4-9H,1-3H3. The molecule has 0 saturated heterocycles. The molecule has 1 aromatic rings. The Bertz CT molecular complexity index is 203. The van der Waals surface area contributed by atoms with Gasteiger partial charge in [-0.25, -0.2) is 0 Å². The minimum absolute atomic E-state index is 0.802. The number of hydrogen-bond donors (Lipinski definition) is 0. The molecule has 0 aromatic heterocycles. The van der Waals surface area contributed by atoms with Gasteiger partial charge in [0.15, 0.2) is 0 Å². The zero-order valence-electron chi connectivity index (χ0n) is 7.34. The monoisotopic (exact) mass is 262 g/mol. The van der Waals surface area contributed by atoms with Crippen LogP contribution in [0.1, 0.15) is 13.8 Å². The summed E-state index contributed by atoms with van der Waals surface area (Å²) in [5.41, 5.74) is 0. The van der Waals surface area contributed by atoms with Crippen molar-refractivity contribution in [1.29, 1.82) is 0 Å². The van der Waals surface area contributed by atoms with E-state index in [0.717, 1.165) is 3.92 Å². The molecular formula is C10H15I. The fraction of sp³-hybridized carbons (Fsp3) is 0.400. The van der Waals surface area contributed by atoms with Crippen LogP contribution in [0.5, 0.6) is 0 Å². The molecule has 0 radical (unpaired) electrons. The molecule has 62 valence electrons. The van der Waals surface area contributed by atoms with Crippen LogP contribution in [0.3, 0.4) is 0 Å². The van der Waals surface area contributed by atoms with Crippen molar-refractivity contribution in [2.24, 2.45) is 0 Å². The molecule has 0 atom stereocenters. The maximum atomic E-state index is 2.43. The zero-order chi connectivity index (χ0) is 8.27. The first kappa shape index (κ1) is 9.04. The van der Waals surface area contributed by atoms with Gasteiger partial charge in [-0.15, -0.1) is 0 Å². The number of alkyl halides is 2. The van der Waals surface area contributed by atoms with Gasteiger partial charge in [0.1, 0.15) is 0 Å². The quantitative estimate of drug-likeness (QED) is 0.566. The summed E-state index contributed by atoms with van der Waals surface area (Å²) in [5, 5.41) is 0. The first-order chi connectivity index (χ1) is 5.22. The average Bonchev–Trinajstić information content (AvgIpc) is 2.05. The third-order valence-electron chi connectivity index (χ3n) is 1.73. The predicted octanol–water partition coefficient (Wildman–Crippen LogP) is 3.40. The first-order valence-corrected chi connectivity index (χ1v) is 8.33. The van der Waals surface area contributed by atoms with Crippen molar-refractivity contribution in [3.05, 3.63) is 33.9 Å². The molecule has 1 aromatic carbocycles. The van der Waals surface area contributed by atoms with Gasteiger partial charge in [0, 0.05) is 0 Å². The molecule has 0 fully saturated rings. The topological polar surface area (TPSA) is 0 Å². The van der Waals surface area contributed by atoms with Crippen LogP contribution in [0.25, 0.3) is 0 Å². The second-order valence-electron chi connectivity index (χ2n) is 2.83. The van der Waals surface area contributed by atoms with Crippen LogP contribution in [0.15, 0.2) is 30.3 Å². The van der Waals surface area contributed by atoms with E-state index in [1.54, 1.807) is 3.57 Å². The molecule has 1 rings (SSSR count). The van der Waals surface area contributed by atoms with E-state index in [9.17, 15) is 0 Å². The molecule has 1 heteroatoms. The molecule has 0 aliphatic carbocycles. The van der Waals surface area contributed by atoms with Crippen LogP contribution in [0.2, 0.25) is 0 Å². The van der Waals surface area contributed by atoms with Gasteiger partial charge in [-0.2, -0.15) is 0 Å². The molecule has 0 unspecified atom stereocenters. The first-order valence-electron chi connectivity index (χ1n) is 3.85. The van der Waals surface area contributed by atoms with Gasteiger partial charge >= 0.3 is 76.4 Å². The summed E-state index contributed by atoms with van der Waals surface area (Å²) in [4.78, 5) is 2.43. The normalized spacial score (nSPS) is 11.8. The van der Waals surface area contributed by atoms with Crippen molar-refractivity contribution >= 4 is 19.8 Å². The summed E-state index contributed by atoms with van der Waals surface area (Å²) in [7, 11) is 0. The fourth-order valence-electron chi connectivity index (χ4n) is 0.865. The van der Waals surface area contributed by atoms with Gasteiger partial charge in [0.25, 0.3) is 0 Å². The Morgan fingerprint density at radius 1 is 1.09 bits per heavy atom. The molecule has 0 nitrogen and oxygen atoms in total. The van der Waals surface area contributed by atoms with Gasteiger partial charge in [0.05, 0.1) is 0 Å². The van der Waals surface area contributed by atoms with Gasteiger partial charge in [0.2, 0.25) is 0 Å². The number of hydrogen-bond acceptors (Lipinski definition) is 0. The van der Waals surface area contributed by atoms with Crippen molar-refractivity contribution in [3.8, 4) is 0 Å². The van der Waals surface area contributed by atoms with E-state index in [-0.39, 0.29) is 0 Å². The summed E-state index contributed by atoms with van der Waals surface area (Å²) in [6, 6.07) is 10.9. The Labute approximate surface area is 76.4 Å². The Morgan fingerprint density at radius 3 is 2.09 bits per heavy atom. The van der Waals surface area contributed by atoms with E-state index < -0.39 is 19.8 Å². The number of benzene rings is 1. The Balaban J connectivity index is 2.77. The molecule has 0 aliphatic rings. The Kier molecular flexibility index (Phi) is 3.37. The van der Waals surface area contributed by atoms with Crippen LogP contribution in [0.4, 0.5) is 0 Å².